The monoisotopic (exact) mass is 624 g/mol. The summed E-state index contributed by atoms with van der Waals surface area (Å²) in [7, 11) is 1.58. The largest absolute Gasteiger partial charge is 0.502 e. The van der Waals surface area contributed by atoms with E-state index in [0.29, 0.717) is 39.0 Å². The summed E-state index contributed by atoms with van der Waals surface area (Å²) in [5.74, 6) is -1.16. The summed E-state index contributed by atoms with van der Waals surface area (Å²) < 4.78 is 19.6. The highest BCUT2D eigenvalue weighted by Crippen LogP contribution is 2.51. The molecule has 2 aliphatic heterocycles. The number of fused-ring (bicyclic) bond motifs is 2. The van der Waals surface area contributed by atoms with Crippen LogP contribution in [0.25, 0.3) is 4.91 Å². The lowest BCUT2D eigenvalue weighted by Gasteiger charge is -2.33. The van der Waals surface area contributed by atoms with Gasteiger partial charge in [-0.1, -0.05) is 18.2 Å². The molecule has 6 rings (SSSR count). The fourth-order valence-electron chi connectivity index (χ4n) is 7.35. The van der Waals surface area contributed by atoms with Crippen LogP contribution in [0, 0.1) is 17.8 Å². The summed E-state index contributed by atoms with van der Waals surface area (Å²) in [4.78, 5) is 46.3. The number of methoxy groups -OCH3 is 1. The molecule has 2 N–H and O–H groups in total. The molecule has 4 aliphatic rings. The van der Waals surface area contributed by atoms with Crippen LogP contribution < -0.4 is 4.74 Å². The highest BCUT2D eigenvalue weighted by molar-refractivity contribution is 8.22. The molecule has 4 unspecified atom stereocenters. The van der Waals surface area contributed by atoms with Crippen LogP contribution in [0.4, 0.5) is 4.79 Å². The van der Waals surface area contributed by atoms with E-state index >= 15 is 0 Å². The van der Waals surface area contributed by atoms with Gasteiger partial charge < -0.3 is 24.1 Å². The van der Waals surface area contributed by atoms with Gasteiger partial charge in [-0.05, 0) is 88.6 Å². The molecule has 0 radical (unpaired) electrons. The van der Waals surface area contributed by atoms with Gasteiger partial charge in [0.2, 0.25) is 11.4 Å². The molecule has 3 heterocycles. The minimum absolute atomic E-state index is 0.0210. The van der Waals surface area contributed by atoms with Crippen LogP contribution in [-0.2, 0) is 14.3 Å². The quantitative estimate of drug-likeness (QED) is 0.377. The summed E-state index contributed by atoms with van der Waals surface area (Å²) in [5, 5.41) is 21.2. The molecular weight excluding hydrogens is 586 g/mol. The number of para-hydroxylation sites is 1. The first kappa shape index (κ1) is 30.5. The molecule has 44 heavy (non-hydrogen) atoms. The molecule has 2 saturated carbocycles. The molecular formula is C32H38N3O8S+. The number of benzene rings is 1. The number of carboxylic acid groups (broad SMARTS) is 1. The van der Waals surface area contributed by atoms with Crippen LogP contribution in [0.3, 0.4) is 0 Å². The summed E-state index contributed by atoms with van der Waals surface area (Å²) in [6.07, 6.45) is 5.23. The van der Waals surface area contributed by atoms with Gasteiger partial charge in [0.15, 0.2) is 11.0 Å². The van der Waals surface area contributed by atoms with Crippen LogP contribution in [0.2, 0.25) is 0 Å². The van der Waals surface area contributed by atoms with E-state index < -0.39 is 41.1 Å². The fraction of sp³-hybridized carbons (Fsp3) is 0.531. The zero-order valence-corrected chi connectivity index (χ0v) is 26.3. The number of rotatable bonds is 9. The van der Waals surface area contributed by atoms with Gasteiger partial charge in [0, 0.05) is 5.56 Å². The zero-order chi connectivity index (χ0) is 31.6. The predicted octanol–water partition coefficient (Wildman–Crippen LogP) is 4.71. The number of carboxylic acids is 1. The Labute approximate surface area is 259 Å². The van der Waals surface area contributed by atoms with E-state index in [1.807, 2.05) is 31.2 Å². The van der Waals surface area contributed by atoms with Crippen molar-refractivity contribution in [1.82, 2.24) is 9.88 Å². The van der Waals surface area contributed by atoms with Crippen LogP contribution >= 0.6 is 11.8 Å². The predicted molar refractivity (Wildman–Crippen MR) is 161 cm³/mol. The number of aliphatic hydroxyl groups is 1. The third-order valence-electron chi connectivity index (χ3n) is 9.50. The molecule has 3 amide bonds. The number of carbonyl (C=O) groups excluding carboxylic acids is 2. The van der Waals surface area contributed by atoms with Crippen molar-refractivity contribution >= 4 is 39.6 Å². The first-order chi connectivity index (χ1) is 20.8. The Morgan fingerprint density at radius 2 is 1.93 bits per heavy atom. The highest BCUT2D eigenvalue weighted by atomic mass is 32.2. The van der Waals surface area contributed by atoms with E-state index in [1.165, 1.54) is 42.6 Å². The Kier molecular flexibility index (Phi) is 7.74. The summed E-state index contributed by atoms with van der Waals surface area (Å²) in [6, 6.07) is 6.74. The number of hydrogen-bond acceptors (Lipinski definition) is 9. The Balaban J connectivity index is 1.41. The van der Waals surface area contributed by atoms with Gasteiger partial charge in [-0.15, -0.1) is 4.90 Å². The van der Waals surface area contributed by atoms with Crippen LogP contribution in [-0.4, -0.2) is 78.5 Å². The lowest BCUT2D eigenvalue weighted by atomic mass is 9.93. The van der Waals surface area contributed by atoms with Gasteiger partial charge in [-0.25, -0.2) is 14.6 Å². The maximum Gasteiger partial charge on any atom is 0.502 e. The Morgan fingerprint density at radius 3 is 2.55 bits per heavy atom. The average Bonchev–Trinajstić information content (AvgIpc) is 3.73. The third kappa shape index (κ3) is 5.16. The van der Waals surface area contributed by atoms with E-state index in [0.717, 1.165) is 36.1 Å². The lowest BCUT2D eigenvalue weighted by molar-refractivity contribution is -0.454. The molecule has 2 fully saturated rings. The maximum atomic E-state index is 14.3. The van der Waals surface area contributed by atoms with Crippen molar-refractivity contribution in [3.05, 3.63) is 53.8 Å². The topological polar surface area (TPSA) is 142 Å². The minimum atomic E-state index is -1.81. The van der Waals surface area contributed by atoms with Gasteiger partial charge in [-0.3, -0.25) is 0 Å². The lowest BCUT2D eigenvalue weighted by Crippen LogP contribution is -2.63. The molecule has 234 valence electrons. The number of aliphatic carboxylic acids is 1. The van der Waals surface area contributed by atoms with Crippen LogP contribution in [0.15, 0.2) is 46.7 Å². The first-order valence-electron chi connectivity index (χ1n) is 14.9. The molecule has 6 atom stereocenters. The number of amides is 3. The summed E-state index contributed by atoms with van der Waals surface area (Å²) in [6.45, 7) is 6.40. The van der Waals surface area contributed by atoms with Gasteiger partial charge in [0.05, 0.1) is 29.9 Å². The molecule has 1 aromatic carbocycles. The van der Waals surface area contributed by atoms with Gasteiger partial charge in [0.1, 0.15) is 24.7 Å². The molecule has 11 nitrogen and oxygen atoms in total. The van der Waals surface area contributed by atoms with Gasteiger partial charge >= 0.3 is 17.9 Å². The Hall–Kier alpha value is -3.48. The van der Waals surface area contributed by atoms with E-state index in [9.17, 15) is 24.6 Å². The second-order valence-corrected chi connectivity index (χ2v) is 14.1. The van der Waals surface area contributed by atoms with Crippen molar-refractivity contribution in [2.45, 2.75) is 76.7 Å². The Morgan fingerprint density at radius 1 is 1.25 bits per heavy atom. The van der Waals surface area contributed by atoms with E-state index in [1.54, 1.807) is 14.0 Å². The standard InChI is InChI=1S/C32H37N3O8S/c1-17-24-27(36)35(31(2,3)29(37)38)30(39)34(28(24)44-25(17)26-33-10-11-42-26)16-23(21-8-6-7-9-22(21)41-5)43-20-12-18-14-32(4,40)15-19(18)13-20/h6-11,18-20,23-24,40H,12-16H2,1-5H3/p+1/t18-,19+,20?,23?,24?,32?. The normalized spacial score (nSPS) is 29.4. The minimum Gasteiger partial charge on any atom is -0.496 e. The van der Waals surface area contributed by atoms with Crippen molar-refractivity contribution in [3.63, 3.8) is 0 Å². The van der Waals surface area contributed by atoms with Crippen LogP contribution in [0.5, 0.6) is 5.75 Å². The maximum absolute atomic E-state index is 14.3. The van der Waals surface area contributed by atoms with Crippen molar-refractivity contribution in [3.8, 4) is 5.75 Å². The van der Waals surface area contributed by atoms with Crippen LogP contribution in [0.1, 0.15) is 70.9 Å². The van der Waals surface area contributed by atoms with Gasteiger partial charge in [-0.2, -0.15) is 9.37 Å². The van der Waals surface area contributed by atoms with Crippen molar-refractivity contribution < 1.29 is 43.1 Å². The van der Waals surface area contributed by atoms with Crippen molar-refractivity contribution in [2.24, 2.45) is 17.8 Å². The summed E-state index contributed by atoms with van der Waals surface area (Å²) >= 11 is 1.24. The molecule has 1 aromatic heterocycles. The second-order valence-electron chi connectivity index (χ2n) is 13.0. The number of urea groups is 1. The molecule has 0 saturated heterocycles. The molecule has 12 heteroatoms. The number of aromatic nitrogens is 1. The number of ether oxygens (including phenoxy) is 2. The number of oxazole rings is 1. The van der Waals surface area contributed by atoms with E-state index in [2.05, 4.69) is 4.98 Å². The SMILES string of the molecule is COc1ccccc1C(C[N+]1=C2SC(c3ncco3)=C(C)C2C(=O)N(C(C)(C)C(=O)O)C1=O)OC1C[C@@H]2CC(C)(O)C[C@@H]2C1. The van der Waals surface area contributed by atoms with Gasteiger partial charge in [0.25, 0.3) is 0 Å². The molecule has 2 aliphatic carbocycles. The average molecular weight is 625 g/mol. The molecule has 0 bridgehead atoms. The zero-order valence-electron chi connectivity index (χ0n) is 25.5. The van der Waals surface area contributed by atoms with E-state index in [-0.39, 0.29) is 12.6 Å². The fourth-order valence-corrected chi connectivity index (χ4v) is 8.69. The second kappa shape index (κ2) is 11.1. The van der Waals surface area contributed by atoms with Crippen molar-refractivity contribution in [1.29, 1.82) is 0 Å². The summed E-state index contributed by atoms with van der Waals surface area (Å²) in [5.41, 5.74) is -1.10. The number of nitrogens with zero attached hydrogens (tertiary/aromatic N) is 3. The number of carbonyl (C=O) groups is 3. The van der Waals surface area contributed by atoms with Crippen molar-refractivity contribution in [2.75, 3.05) is 13.7 Å². The number of thioether (sulfide) groups is 1. The first-order valence-corrected chi connectivity index (χ1v) is 15.7. The number of imide groups is 1. The number of hydrogen-bond donors (Lipinski definition) is 2. The smallest absolute Gasteiger partial charge is 0.496 e. The third-order valence-corrected chi connectivity index (χ3v) is 10.9. The molecule has 2 aromatic rings. The highest BCUT2D eigenvalue weighted by Gasteiger charge is 2.60. The Bertz CT molecular complexity index is 1550. The van der Waals surface area contributed by atoms with E-state index in [4.69, 9.17) is 13.9 Å². The molecule has 0 spiro atoms.